The van der Waals surface area contributed by atoms with E-state index in [-0.39, 0.29) is 11.7 Å². The molecule has 7 N–H and O–H groups in total. The van der Waals surface area contributed by atoms with Crippen molar-refractivity contribution in [1.82, 2.24) is 15.0 Å². The average molecular weight is 417 g/mol. The number of amides is 1. The Bertz CT molecular complexity index is 1050. The first-order chi connectivity index (χ1) is 15.0. The van der Waals surface area contributed by atoms with Crippen molar-refractivity contribution in [3.05, 3.63) is 66.4 Å². The Morgan fingerprint density at radius 1 is 1.10 bits per heavy atom. The lowest BCUT2D eigenvalue weighted by Crippen LogP contribution is -2.35. The fraction of sp³-hybridized carbons (Fsp3) is 0.190. The number of benzene rings is 1. The zero-order chi connectivity index (χ0) is 22.1. The van der Waals surface area contributed by atoms with Crippen LogP contribution in [0.15, 0.2) is 55.0 Å². The SMILES string of the molecule is [C-]#[N+]c1cnc(Nc2cc(NCCC[C@H](N)C(=O)Nc3ccccc3)c(N)cn2)cn1. The fourth-order valence-electron chi connectivity index (χ4n) is 2.69. The molecule has 1 amide bonds. The van der Waals surface area contributed by atoms with Crippen molar-refractivity contribution in [2.75, 3.05) is 28.2 Å². The quantitative estimate of drug-likeness (QED) is 0.264. The molecule has 0 spiro atoms. The maximum absolute atomic E-state index is 12.2. The minimum Gasteiger partial charge on any atom is -0.396 e. The minimum atomic E-state index is -0.606. The third-order valence-electron chi connectivity index (χ3n) is 4.33. The van der Waals surface area contributed by atoms with E-state index in [0.29, 0.717) is 42.4 Å². The summed E-state index contributed by atoms with van der Waals surface area (Å²) >= 11 is 0. The Kier molecular flexibility index (Phi) is 7.29. The van der Waals surface area contributed by atoms with E-state index in [4.69, 9.17) is 18.0 Å². The van der Waals surface area contributed by atoms with Crippen LogP contribution in [0.25, 0.3) is 4.85 Å². The predicted octanol–water partition coefficient (Wildman–Crippen LogP) is 2.91. The van der Waals surface area contributed by atoms with Gasteiger partial charge in [0.25, 0.3) is 5.82 Å². The molecule has 10 heteroatoms. The molecule has 0 saturated heterocycles. The van der Waals surface area contributed by atoms with E-state index < -0.39 is 6.04 Å². The van der Waals surface area contributed by atoms with Crippen LogP contribution >= 0.6 is 0 Å². The summed E-state index contributed by atoms with van der Waals surface area (Å²) in [6.45, 7) is 7.49. The van der Waals surface area contributed by atoms with Crippen LogP contribution in [0.5, 0.6) is 0 Å². The minimum absolute atomic E-state index is 0.216. The molecule has 0 radical (unpaired) electrons. The van der Waals surface area contributed by atoms with Crippen molar-refractivity contribution in [3.8, 4) is 0 Å². The molecule has 0 saturated carbocycles. The zero-order valence-electron chi connectivity index (χ0n) is 16.7. The molecule has 3 aromatic rings. The van der Waals surface area contributed by atoms with Gasteiger partial charge < -0.3 is 32.3 Å². The molecule has 3 rings (SSSR count). The number of hydrogen-bond donors (Lipinski definition) is 5. The Morgan fingerprint density at radius 3 is 2.58 bits per heavy atom. The van der Waals surface area contributed by atoms with Gasteiger partial charge in [0, 0.05) is 18.3 Å². The molecule has 0 aliphatic carbocycles. The second-order valence-electron chi connectivity index (χ2n) is 6.68. The summed E-state index contributed by atoms with van der Waals surface area (Å²) in [5, 5.41) is 9.05. The monoisotopic (exact) mass is 417 g/mol. The number of hydrogen-bond acceptors (Lipinski definition) is 8. The highest BCUT2D eigenvalue weighted by Gasteiger charge is 2.13. The van der Waals surface area contributed by atoms with Crippen molar-refractivity contribution >= 4 is 40.4 Å². The topological polar surface area (TPSA) is 148 Å². The van der Waals surface area contributed by atoms with Crippen LogP contribution in [0, 0.1) is 6.57 Å². The van der Waals surface area contributed by atoms with Gasteiger partial charge in [-0.2, -0.15) is 0 Å². The molecule has 0 aliphatic rings. The lowest BCUT2D eigenvalue weighted by molar-refractivity contribution is -0.117. The molecule has 10 nitrogen and oxygen atoms in total. The number of nitrogens with one attached hydrogen (secondary N) is 3. The highest BCUT2D eigenvalue weighted by molar-refractivity contribution is 5.94. The summed E-state index contributed by atoms with van der Waals surface area (Å²) < 4.78 is 0. The van der Waals surface area contributed by atoms with Crippen LogP contribution < -0.4 is 27.4 Å². The molecular formula is C21H23N9O. The van der Waals surface area contributed by atoms with Crippen LogP contribution in [0.2, 0.25) is 0 Å². The van der Waals surface area contributed by atoms with E-state index >= 15 is 0 Å². The van der Waals surface area contributed by atoms with Crippen molar-refractivity contribution in [3.63, 3.8) is 0 Å². The number of pyridine rings is 1. The number of anilines is 5. The molecule has 2 heterocycles. The molecule has 0 bridgehead atoms. The Labute approximate surface area is 179 Å². The van der Waals surface area contributed by atoms with Gasteiger partial charge in [0.05, 0.1) is 29.8 Å². The van der Waals surface area contributed by atoms with Crippen LogP contribution in [0.3, 0.4) is 0 Å². The van der Waals surface area contributed by atoms with E-state index in [1.807, 2.05) is 30.3 Å². The third kappa shape index (κ3) is 6.38. The number of rotatable bonds is 9. The molecule has 1 atom stereocenters. The van der Waals surface area contributed by atoms with Gasteiger partial charge in [-0.1, -0.05) is 24.8 Å². The van der Waals surface area contributed by atoms with Gasteiger partial charge in [-0.25, -0.2) is 9.97 Å². The van der Waals surface area contributed by atoms with Crippen LogP contribution in [-0.2, 0) is 4.79 Å². The molecule has 158 valence electrons. The van der Waals surface area contributed by atoms with E-state index in [1.54, 1.807) is 6.07 Å². The lowest BCUT2D eigenvalue weighted by Gasteiger charge is -2.14. The fourth-order valence-corrected chi connectivity index (χ4v) is 2.69. The number of para-hydroxylation sites is 1. The second kappa shape index (κ2) is 10.5. The first-order valence-corrected chi connectivity index (χ1v) is 9.62. The van der Waals surface area contributed by atoms with Gasteiger partial charge >= 0.3 is 0 Å². The van der Waals surface area contributed by atoms with E-state index in [1.165, 1.54) is 18.6 Å². The Balaban J connectivity index is 1.48. The van der Waals surface area contributed by atoms with Gasteiger partial charge in [0.1, 0.15) is 5.82 Å². The summed E-state index contributed by atoms with van der Waals surface area (Å²) in [5.74, 6) is 0.992. The maximum atomic E-state index is 12.2. The van der Waals surface area contributed by atoms with Crippen LogP contribution in [-0.4, -0.2) is 33.4 Å². The highest BCUT2D eigenvalue weighted by Crippen LogP contribution is 2.22. The number of nitrogens with two attached hydrogens (primary N) is 2. The van der Waals surface area contributed by atoms with Gasteiger partial charge in [0.15, 0.2) is 12.0 Å². The van der Waals surface area contributed by atoms with E-state index in [0.717, 1.165) is 5.69 Å². The largest absolute Gasteiger partial charge is 0.396 e. The first-order valence-electron chi connectivity index (χ1n) is 9.62. The Morgan fingerprint density at radius 2 is 1.87 bits per heavy atom. The van der Waals surface area contributed by atoms with Gasteiger partial charge in [-0.15, -0.1) is 4.98 Å². The van der Waals surface area contributed by atoms with E-state index in [9.17, 15) is 4.79 Å². The number of aromatic nitrogens is 3. The molecular weight excluding hydrogens is 394 g/mol. The zero-order valence-corrected chi connectivity index (χ0v) is 16.7. The number of carbonyl (C=O) groups is 1. The summed E-state index contributed by atoms with van der Waals surface area (Å²) in [5.41, 5.74) is 13.9. The average Bonchev–Trinajstić information content (AvgIpc) is 2.79. The molecule has 0 unspecified atom stereocenters. The molecule has 2 aromatic heterocycles. The van der Waals surface area contributed by atoms with Crippen LogP contribution in [0.1, 0.15) is 12.8 Å². The third-order valence-corrected chi connectivity index (χ3v) is 4.33. The van der Waals surface area contributed by atoms with Crippen molar-refractivity contribution in [1.29, 1.82) is 0 Å². The van der Waals surface area contributed by atoms with Gasteiger partial charge in [-0.05, 0) is 25.0 Å². The molecule has 0 fully saturated rings. The van der Waals surface area contributed by atoms with Crippen molar-refractivity contribution in [2.24, 2.45) is 5.73 Å². The number of carbonyl (C=O) groups excluding carboxylic acids is 1. The highest BCUT2D eigenvalue weighted by atomic mass is 16.2. The maximum Gasteiger partial charge on any atom is 0.288 e. The molecule has 1 aromatic carbocycles. The normalized spacial score (nSPS) is 11.2. The smallest absolute Gasteiger partial charge is 0.288 e. The summed E-state index contributed by atoms with van der Waals surface area (Å²) in [7, 11) is 0. The number of nitrogens with zero attached hydrogens (tertiary/aromatic N) is 4. The lowest BCUT2D eigenvalue weighted by atomic mass is 10.1. The summed E-state index contributed by atoms with van der Waals surface area (Å²) in [4.78, 5) is 27.7. The first kappa shape index (κ1) is 21.5. The van der Waals surface area contributed by atoms with E-state index in [2.05, 4.69) is 35.7 Å². The summed E-state index contributed by atoms with van der Waals surface area (Å²) in [6, 6.07) is 10.4. The van der Waals surface area contributed by atoms with Crippen molar-refractivity contribution in [2.45, 2.75) is 18.9 Å². The molecule has 0 aliphatic heterocycles. The standard InChI is InChI=1S/C21H23N9O/c1-24-19-12-28-20(13-27-19)30-18-10-17(16(23)11-26-18)25-9-5-8-15(22)21(31)29-14-6-3-2-4-7-14/h2-4,6-7,10-13,15H,5,8-9,22-23H2,(H,29,31)(H2,25,26,28,30)/t15-/m0/s1. The van der Waals surface area contributed by atoms with Crippen LogP contribution in [0.4, 0.5) is 34.5 Å². The number of nitrogen functional groups attached to an aromatic ring is 1. The summed E-state index contributed by atoms with van der Waals surface area (Å²) in [6.07, 6.45) is 5.57. The van der Waals surface area contributed by atoms with Gasteiger partial charge in [0.2, 0.25) is 5.91 Å². The van der Waals surface area contributed by atoms with Gasteiger partial charge in [-0.3, -0.25) is 4.79 Å². The second-order valence-corrected chi connectivity index (χ2v) is 6.68. The molecule has 31 heavy (non-hydrogen) atoms. The Hall–Kier alpha value is -4.23. The predicted molar refractivity (Wildman–Crippen MR) is 121 cm³/mol. The van der Waals surface area contributed by atoms with Crippen molar-refractivity contribution < 1.29 is 4.79 Å².